The van der Waals surface area contributed by atoms with Gasteiger partial charge in [-0.3, -0.25) is 5.09 Å². The van der Waals surface area contributed by atoms with Gasteiger partial charge in [-0.15, -0.1) is 0 Å². The lowest BCUT2D eigenvalue weighted by molar-refractivity contribution is 0.400. The molecule has 1 saturated carbocycles. The first-order valence-electron chi connectivity index (χ1n) is 3.01. The molecule has 0 spiro atoms. The molecule has 1 rings (SSSR count). The Kier molecular flexibility index (Phi) is 4.01. The highest BCUT2D eigenvalue weighted by atomic mass is 127. The van der Waals surface area contributed by atoms with Crippen LogP contribution in [0.1, 0.15) is 12.8 Å². The van der Waals surface area contributed by atoms with Crippen molar-refractivity contribution in [2.45, 2.75) is 24.1 Å². The van der Waals surface area contributed by atoms with Gasteiger partial charge in [-0.05, 0) is 12.8 Å². The van der Waals surface area contributed by atoms with Crippen LogP contribution in [0.4, 0.5) is 0 Å². The van der Waals surface area contributed by atoms with Crippen molar-refractivity contribution < 1.29 is 4.21 Å². The summed E-state index contributed by atoms with van der Waals surface area (Å²) in [7, 11) is 1.66. The van der Waals surface area contributed by atoms with E-state index in [1.54, 1.807) is 0 Å². The lowest BCUT2D eigenvalue weighted by atomic mass is 9.93. The summed E-state index contributed by atoms with van der Waals surface area (Å²) in [6.07, 6.45) is 2.04. The molecule has 0 radical (unpaired) electrons. The maximum Gasteiger partial charge on any atom is 0.104 e. The minimum Gasteiger partial charge on any atom is -0.298 e. The van der Waals surface area contributed by atoms with Gasteiger partial charge in [-0.25, -0.2) is 4.21 Å². The van der Waals surface area contributed by atoms with Gasteiger partial charge >= 0.3 is 0 Å². The standard InChI is InChI=1S/C4H10IN2OPS/c5-7-10(8)4-1-3(2-4)6-9/h3-4,6-7H,1-2,9H2. The predicted molar refractivity (Wildman–Crippen MR) is 55.0 cm³/mol. The summed E-state index contributed by atoms with van der Waals surface area (Å²) >= 11 is 1.93. The molecule has 0 saturated heterocycles. The van der Waals surface area contributed by atoms with Crippen molar-refractivity contribution in [1.29, 1.82) is 0 Å². The molecule has 0 aromatic rings. The molecule has 3 nitrogen and oxygen atoms in total. The van der Waals surface area contributed by atoms with Crippen molar-refractivity contribution in [3.63, 3.8) is 0 Å². The molecule has 0 aromatic carbocycles. The first-order chi connectivity index (χ1) is 4.77. The molecule has 0 aromatic heterocycles. The number of hydrogen-bond acceptors (Lipinski definition) is 2. The van der Waals surface area contributed by atoms with Gasteiger partial charge in [0.25, 0.3) is 0 Å². The van der Waals surface area contributed by atoms with Crippen LogP contribution in [0.3, 0.4) is 0 Å². The average Bonchev–Trinajstić information content (AvgIpc) is 1.85. The van der Waals surface area contributed by atoms with Gasteiger partial charge in [0.05, 0.1) is 5.25 Å². The highest BCUT2D eigenvalue weighted by molar-refractivity contribution is 14.1. The fourth-order valence-corrected chi connectivity index (χ4v) is 3.23. The second-order valence-corrected chi connectivity index (χ2v) is 5.40. The van der Waals surface area contributed by atoms with Gasteiger partial charge in [0.15, 0.2) is 0 Å². The Labute approximate surface area is 79.4 Å². The van der Waals surface area contributed by atoms with E-state index in [0.717, 1.165) is 12.8 Å². The van der Waals surface area contributed by atoms with Crippen LogP contribution in [0.2, 0.25) is 0 Å². The molecule has 2 N–H and O–H groups in total. The SMILES string of the molecule is O=S(NI)C1CC(NP)C1. The Balaban J connectivity index is 2.19. The maximum absolute atomic E-state index is 11.0. The third kappa shape index (κ3) is 2.11. The van der Waals surface area contributed by atoms with Crippen LogP contribution in [0.5, 0.6) is 0 Å². The summed E-state index contributed by atoms with van der Waals surface area (Å²) in [4.78, 5) is 0. The normalized spacial score (nSPS) is 35.0. The zero-order valence-electron chi connectivity index (χ0n) is 5.34. The molecule has 0 amide bonds. The van der Waals surface area contributed by atoms with Crippen molar-refractivity contribution in [2.24, 2.45) is 0 Å². The van der Waals surface area contributed by atoms with E-state index in [9.17, 15) is 4.21 Å². The van der Waals surface area contributed by atoms with E-state index in [1.807, 2.05) is 22.9 Å². The van der Waals surface area contributed by atoms with Gasteiger partial charge in [0.1, 0.15) is 11.0 Å². The summed E-state index contributed by atoms with van der Waals surface area (Å²) in [6.45, 7) is 0. The van der Waals surface area contributed by atoms with Crippen molar-refractivity contribution in [3.05, 3.63) is 0 Å². The summed E-state index contributed by atoms with van der Waals surface area (Å²) in [5.41, 5.74) is 0. The van der Waals surface area contributed by atoms with Crippen LogP contribution in [-0.2, 0) is 11.0 Å². The minimum atomic E-state index is -0.820. The highest BCUT2D eigenvalue weighted by Gasteiger charge is 2.32. The molecule has 1 fully saturated rings. The van der Waals surface area contributed by atoms with Crippen molar-refractivity contribution in [2.75, 3.05) is 0 Å². The predicted octanol–water partition coefficient (Wildman–Crippen LogP) is 0.500. The van der Waals surface area contributed by atoms with E-state index in [0.29, 0.717) is 11.3 Å². The minimum absolute atomic E-state index is 0.356. The van der Waals surface area contributed by atoms with Crippen LogP contribution in [0.25, 0.3) is 0 Å². The van der Waals surface area contributed by atoms with E-state index in [1.165, 1.54) is 0 Å². The van der Waals surface area contributed by atoms with E-state index < -0.39 is 11.0 Å². The molecular formula is C4H10IN2OPS. The summed E-state index contributed by atoms with van der Waals surface area (Å²) in [6, 6.07) is 0.559. The van der Waals surface area contributed by atoms with Crippen LogP contribution in [0.15, 0.2) is 0 Å². The first kappa shape index (κ1) is 9.32. The molecule has 1 aliphatic carbocycles. The molecule has 2 atom stereocenters. The van der Waals surface area contributed by atoms with Crippen molar-refractivity contribution in [3.8, 4) is 0 Å². The van der Waals surface area contributed by atoms with Crippen LogP contribution < -0.4 is 8.02 Å². The Morgan fingerprint density at radius 1 is 1.60 bits per heavy atom. The highest BCUT2D eigenvalue weighted by Crippen LogP contribution is 2.25. The second kappa shape index (κ2) is 4.30. The number of nitrogens with one attached hydrogen (secondary N) is 2. The Morgan fingerprint density at radius 2 is 2.20 bits per heavy atom. The lowest BCUT2D eigenvalue weighted by Gasteiger charge is -2.33. The molecule has 6 heteroatoms. The van der Waals surface area contributed by atoms with Gasteiger partial charge in [-0.1, -0.05) is 9.39 Å². The van der Waals surface area contributed by atoms with Gasteiger partial charge in [0, 0.05) is 28.9 Å². The lowest BCUT2D eigenvalue weighted by Crippen LogP contribution is -2.44. The Morgan fingerprint density at radius 3 is 2.60 bits per heavy atom. The topological polar surface area (TPSA) is 41.1 Å². The van der Waals surface area contributed by atoms with E-state index >= 15 is 0 Å². The molecule has 1 aliphatic rings. The molecule has 0 bridgehead atoms. The second-order valence-electron chi connectivity index (χ2n) is 2.33. The van der Waals surface area contributed by atoms with Gasteiger partial charge in [0.2, 0.25) is 0 Å². The van der Waals surface area contributed by atoms with Crippen LogP contribution in [0, 0.1) is 0 Å². The van der Waals surface area contributed by atoms with E-state index in [4.69, 9.17) is 0 Å². The molecule has 60 valence electrons. The fraction of sp³-hybridized carbons (Fsp3) is 1.00. The summed E-state index contributed by atoms with van der Waals surface area (Å²) in [5.74, 6) is 0. The molecule has 0 aliphatic heterocycles. The summed E-state index contributed by atoms with van der Waals surface area (Å²) in [5, 5.41) is 3.42. The molecule has 0 heterocycles. The smallest absolute Gasteiger partial charge is 0.104 e. The van der Waals surface area contributed by atoms with Gasteiger partial charge < -0.3 is 0 Å². The average molecular weight is 292 g/mol. The van der Waals surface area contributed by atoms with Gasteiger partial charge in [-0.2, -0.15) is 2.94 Å². The number of hydrogen-bond donors (Lipinski definition) is 2. The first-order valence-corrected chi connectivity index (χ1v) is 5.87. The Hall–Kier alpha value is 1.23. The molecule has 10 heavy (non-hydrogen) atoms. The van der Waals surface area contributed by atoms with Crippen molar-refractivity contribution >= 4 is 43.2 Å². The quantitative estimate of drug-likeness (QED) is 0.452. The third-order valence-corrected chi connectivity index (χ3v) is 4.63. The van der Waals surface area contributed by atoms with Crippen molar-refractivity contribution in [1.82, 2.24) is 8.02 Å². The monoisotopic (exact) mass is 292 g/mol. The zero-order valence-corrected chi connectivity index (χ0v) is 9.47. The largest absolute Gasteiger partial charge is 0.298 e. The summed E-state index contributed by atoms with van der Waals surface area (Å²) < 4.78 is 13.7. The third-order valence-electron chi connectivity index (χ3n) is 1.71. The maximum atomic E-state index is 11.0. The molecule has 2 unspecified atom stereocenters. The number of halogens is 1. The van der Waals surface area contributed by atoms with E-state index in [2.05, 4.69) is 17.4 Å². The Bertz CT molecular complexity index is 141. The fourth-order valence-electron chi connectivity index (χ4n) is 0.940. The number of rotatable bonds is 3. The van der Waals surface area contributed by atoms with E-state index in [-0.39, 0.29) is 0 Å². The van der Waals surface area contributed by atoms with Crippen LogP contribution in [-0.4, -0.2) is 15.5 Å². The zero-order chi connectivity index (χ0) is 7.56. The molecular weight excluding hydrogens is 282 g/mol. The van der Waals surface area contributed by atoms with Crippen LogP contribution >= 0.6 is 32.3 Å².